The number of carbonyl (C=O) groups is 1. The molecule has 3 rings (SSSR count). The van der Waals surface area contributed by atoms with E-state index in [0.29, 0.717) is 27.8 Å². The highest BCUT2D eigenvalue weighted by Gasteiger charge is 2.29. The summed E-state index contributed by atoms with van der Waals surface area (Å²) in [6.07, 6.45) is 0. The first-order valence-corrected chi connectivity index (χ1v) is 12.3. The van der Waals surface area contributed by atoms with Crippen LogP contribution in [0.5, 0.6) is 11.5 Å². The van der Waals surface area contributed by atoms with Crippen molar-refractivity contribution in [1.82, 2.24) is 5.32 Å². The molecule has 0 aliphatic heterocycles. The molecule has 1 amide bonds. The number of hydrogen-bond acceptors (Lipinski definition) is 5. The maximum absolute atomic E-state index is 13.5. The number of halogens is 1. The van der Waals surface area contributed by atoms with Crippen LogP contribution >= 0.6 is 11.6 Å². The number of anilines is 1. The van der Waals surface area contributed by atoms with Crippen LogP contribution in [0.15, 0.2) is 71.6 Å². The minimum absolute atomic E-state index is 0.0375. The lowest BCUT2D eigenvalue weighted by atomic mass is 10.1. The fraction of sp³-hybridized carbons (Fsp3) is 0.240. The lowest BCUT2D eigenvalue weighted by molar-refractivity contribution is -0.120. The van der Waals surface area contributed by atoms with E-state index in [4.69, 9.17) is 21.1 Å². The van der Waals surface area contributed by atoms with Gasteiger partial charge in [0.05, 0.1) is 30.8 Å². The van der Waals surface area contributed by atoms with Crippen LogP contribution in [-0.2, 0) is 14.8 Å². The normalized spacial score (nSPS) is 12.0. The molecule has 1 atom stereocenters. The van der Waals surface area contributed by atoms with Gasteiger partial charge in [-0.05, 0) is 67.9 Å². The third-order valence-electron chi connectivity index (χ3n) is 5.35. The molecule has 3 aromatic rings. The molecular formula is C25H27ClN2O5S. The molecule has 0 aliphatic rings. The Bertz CT molecular complexity index is 1260. The van der Waals surface area contributed by atoms with Gasteiger partial charge in [0.25, 0.3) is 10.0 Å². The molecule has 0 spiro atoms. The number of para-hydroxylation sites is 1. The molecular weight excluding hydrogens is 476 g/mol. The molecule has 0 aromatic heterocycles. The van der Waals surface area contributed by atoms with Gasteiger partial charge in [-0.25, -0.2) is 8.42 Å². The van der Waals surface area contributed by atoms with E-state index in [9.17, 15) is 13.2 Å². The Morgan fingerprint density at radius 2 is 1.71 bits per heavy atom. The number of nitrogens with one attached hydrogen (secondary N) is 1. The van der Waals surface area contributed by atoms with E-state index in [-0.39, 0.29) is 4.90 Å². The molecule has 0 saturated heterocycles. The first-order chi connectivity index (χ1) is 16.2. The molecule has 0 heterocycles. The summed E-state index contributed by atoms with van der Waals surface area (Å²) in [5, 5.41) is 3.29. The SMILES string of the molecule is COc1ccc(OC)c([C@@H](C)NC(=O)CN(c2ccccc2C)S(=O)(=O)c2ccc(Cl)cc2)c1. The Kier molecular flexibility index (Phi) is 8.06. The molecule has 9 heteroatoms. The summed E-state index contributed by atoms with van der Waals surface area (Å²) in [6.45, 7) is 3.18. The topological polar surface area (TPSA) is 84.9 Å². The van der Waals surface area contributed by atoms with Crippen molar-refractivity contribution in [3.63, 3.8) is 0 Å². The van der Waals surface area contributed by atoms with Crippen LogP contribution in [-0.4, -0.2) is 35.1 Å². The van der Waals surface area contributed by atoms with Crippen molar-refractivity contribution in [2.24, 2.45) is 0 Å². The summed E-state index contributed by atoms with van der Waals surface area (Å²) >= 11 is 5.94. The van der Waals surface area contributed by atoms with Crippen molar-refractivity contribution in [1.29, 1.82) is 0 Å². The van der Waals surface area contributed by atoms with E-state index in [1.54, 1.807) is 64.5 Å². The molecule has 0 radical (unpaired) electrons. The lowest BCUT2D eigenvalue weighted by Gasteiger charge is -2.26. The van der Waals surface area contributed by atoms with E-state index >= 15 is 0 Å². The Morgan fingerprint density at radius 3 is 2.32 bits per heavy atom. The molecule has 0 saturated carbocycles. The summed E-state index contributed by atoms with van der Waals surface area (Å²) in [4.78, 5) is 13.1. The van der Waals surface area contributed by atoms with Crippen molar-refractivity contribution in [2.45, 2.75) is 24.8 Å². The first-order valence-electron chi connectivity index (χ1n) is 10.5. The van der Waals surface area contributed by atoms with E-state index in [0.717, 1.165) is 9.87 Å². The zero-order chi connectivity index (χ0) is 24.9. The van der Waals surface area contributed by atoms with Crippen molar-refractivity contribution >= 4 is 33.2 Å². The zero-order valence-electron chi connectivity index (χ0n) is 19.4. The third-order valence-corrected chi connectivity index (χ3v) is 7.38. The van der Waals surface area contributed by atoms with Gasteiger partial charge in [0.1, 0.15) is 18.0 Å². The van der Waals surface area contributed by atoms with Crippen LogP contribution < -0.4 is 19.1 Å². The van der Waals surface area contributed by atoms with Crippen LogP contribution in [0.1, 0.15) is 24.1 Å². The second-order valence-electron chi connectivity index (χ2n) is 7.65. The van der Waals surface area contributed by atoms with Gasteiger partial charge in [-0.2, -0.15) is 0 Å². The van der Waals surface area contributed by atoms with Gasteiger partial charge in [0, 0.05) is 10.6 Å². The Morgan fingerprint density at radius 1 is 1.03 bits per heavy atom. The highest BCUT2D eigenvalue weighted by atomic mass is 35.5. The van der Waals surface area contributed by atoms with Gasteiger partial charge >= 0.3 is 0 Å². The first kappa shape index (κ1) is 25.4. The largest absolute Gasteiger partial charge is 0.497 e. The smallest absolute Gasteiger partial charge is 0.264 e. The number of methoxy groups -OCH3 is 2. The van der Waals surface area contributed by atoms with Crippen LogP contribution in [0.2, 0.25) is 5.02 Å². The average molecular weight is 503 g/mol. The van der Waals surface area contributed by atoms with Crippen LogP contribution in [0.3, 0.4) is 0 Å². The second kappa shape index (κ2) is 10.8. The number of nitrogens with zero attached hydrogens (tertiary/aromatic N) is 1. The van der Waals surface area contributed by atoms with Gasteiger partial charge in [-0.15, -0.1) is 0 Å². The number of ether oxygens (including phenoxy) is 2. The maximum Gasteiger partial charge on any atom is 0.264 e. The fourth-order valence-electron chi connectivity index (χ4n) is 3.55. The number of aryl methyl sites for hydroxylation is 1. The van der Waals surface area contributed by atoms with Crippen LogP contribution in [0.25, 0.3) is 0 Å². The molecule has 34 heavy (non-hydrogen) atoms. The predicted molar refractivity (Wildman–Crippen MR) is 133 cm³/mol. The van der Waals surface area contributed by atoms with Gasteiger partial charge in [0.15, 0.2) is 0 Å². The minimum Gasteiger partial charge on any atom is -0.497 e. The molecule has 7 nitrogen and oxygen atoms in total. The summed E-state index contributed by atoms with van der Waals surface area (Å²) in [6, 6.07) is 17.7. The number of amides is 1. The fourth-order valence-corrected chi connectivity index (χ4v) is 5.16. The van der Waals surface area contributed by atoms with Crippen molar-refractivity contribution in [3.05, 3.63) is 82.9 Å². The van der Waals surface area contributed by atoms with Crippen molar-refractivity contribution < 1.29 is 22.7 Å². The van der Waals surface area contributed by atoms with E-state index in [2.05, 4.69) is 5.32 Å². The van der Waals surface area contributed by atoms with Crippen LogP contribution in [0.4, 0.5) is 5.69 Å². The number of benzene rings is 3. The molecule has 0 fully saturated rings. The zero-order valence-corrected chi connectivity index (χ0v) is 21.0. The van der Waals surface area contributed by atoms with Crippen molar-refractivity contribution in [3.8, 4) is 11.5 Å². The summed E-state index contributed by atoms with van der Waals surface area (Å²) in [5.74, 6) is 0.722. The van der Waals surface area contributed by atoms with Gasteiger partial charge < -0.3 is 14.8 Å². The maximum atomic E-state index is 13.5. The Hall–Kier alpha value is -3.23. The average Bonchev–Trinajstić information content (AvgIpc) is 2.82. The molecule has 0 unspecified atom stereocenters. The molecule has 180 valence electrons. The van der Waals surface area contributed by atoms with Crippen molar-refractivity contribution in [2.75, 3.05) is 25.1 Å². The van der Waals surface area contributed by atoms with Gasteiger partial charge in [-0.3, -0.25) is 9.10 Å². The van der Waals surface area contributed by atoms with E-state index in [1.807, 2.05) is 6.07 Å². The third kappa shape index (κ3) is 5.63. The summed E-state index contributed by atoms with van der Waals surface area (Å²) < 4.78 is 38.9. The number of carbonyl (C=O) groups excluding carboxylic acids is 1. The van der Waals surface area contributed by atoms with Gasteiger partial charge in [-0.1, -0.05) is 29.8 Å². The predicted octanol–water partition coefficient (Wildman–Crippen LogP) is 4.74. The number of hydrogen-bond donors (Lipinski definition) is 1. The standard InChI is InChI=1S/C25H27ClN2O5S/c1-17-7-5-6-8-23(17)28(34(30,31)21-12-9-19(26)10-13-21)16-25(29)27-18(2)22-15-20(32-3)11-14-24(22)33-4/h5-15,18H,16H2,1-4H3,(H,27,29)/t18-/m1/s1. The minimum atomic E-state index is -4.04. The lowest BCUT2D eigenvalue weighted by Crippen LogP contribution is -2.42. The van der Waals surface area contributed by atoms with Crippen LogP contribution in [0, 0.1) is 6.92 Å². The Balaban J connectivity index is 1.92. The summed E-state index contributed by atoms with van der Waals surface area (Å²) in [5.41, 5.74) is 1.84. The molecule has 1 N–H and O–H groups in total. The van der Waals surface area contributed by atoms with Gasteiger partial charge in [0.2, 0.25) is 5.91 Å². The quantitative estimate of drug-likeness (QED) is 0.457. The van der Waals surface area contributed by atoms with E-state index in [1.165, 1.54) is 24.3 Å². The monoisotopic (exact) mass is 502 g/mol. The number of sulfonamides is 1. The molecule has 0 aliphatic carbocycles. The highest BCUT2D eigenvalue weighted by Crippen LogP contribution is 2.30. The second-order valence-corrected chi connectivity index (χ2v) is 9.95. The number of rotatable bonds is 9. The molecule has 0 bridgehead atoms. The highest BCUT2D eigenvalue weighted by molar-refractivity contribution is 7.92. The Labute approximate surface area is 205 Å². The van der Waals surface area contributed by atoms with E-state index < -0.39 is 28.5 Å². The summed E-state index contributed by atoms with van der Waals surface area (Å²) in [7, 11) is -0.951. The molecule has 3 aromatic carbocycles.